The van der Waals surface area contributed by atoms with Crippen molar-refractivity contribution >= 4 is 17.4 Å². The second kappa shape index (κ2) is 8.42. The van der Waals surface area contributed by atoms with E-state index in [9.17, 15) is 9.50 Å². The summed E-state index contributed by atoms with van der Waals surface area (Å²) in [6.07, 6.45) is 1.02. The fourth-order valence-electron chi connectivity index (χ4n) is 2.19. The summed E-state index contributed by atoms with van der Waals surface area (Å²) in [6.45, 7) is 5.11. The predicted molar refractivity (Wildman–Crippen MR) is 95.9 cm³/mol. The molecule has 24 heavy (non-hydrogen) atoms. The zero-order valence-electron chi connectivity index (χ0n) is 14.1. The summed E-state index contributed by atoms with van der Waals surface area (Å²) in [5.41, 5.74) is 1.52. The molecule has 0 bridgehead atoms. The van der Waals surface area contributed by atoms with Crippen LogP contribution in [0.15, 0.2) is 36.5 Å². The number of nitrogens with zero attached hydrogens (tertiary/aromatic N) is 2. The van der Waals surface area contributed by atoms with Gasteiger partial charge in [0.25, 0.3) is 0 Å². The number of hydrogen-bond donors (Lipinski definition) is 2. The average molecular weight is 352 g/mol. The van der Waals surface area contributed by atoms with Crippen molar-refractivity contribution in [2.75, 3.05) is 18.5 Å². The first-order chi connectivity index (χ1) is 11.4. The maximum absolute atomic E-state index is 13.4. The molecule has 2 rings (SSSR count). The van der Waals surface area contributed by atoms with Gasteiger partial charge >= 0.3 is 0 Å². The molecule has 130 valence electrons. The number of benzene rings is 1. The van der Waals surface area contributed by atoms with Crippen molar-refractivity contribution in [3.8, 4) is 0 Å². The summed E-state index contributed by atoms with van der Waals surface area (Å²) in [5.74, 6) is 0.396. The molecule has 1 atom stereocenters. The number of pyridine rings is 1. The van der Waals surface area contributed by atoms with Gasteiger partial charge in [-0.15, -0.1) is 0 Å². The molecule has 0 aliphatic rings. The van der Waals surface area contributed by atoms with Gasteiger partial charge in [0, 0.05) is 32.4 Å². The molecule has 2 aromatic rings. The van der Waals surface area contributed by atoms with E-state index in [4.69, 9.17) is 11.6 Å². The SMILES string of the molecule is CC(C)N(C)c1ccc(CNCC(O)c2ccc(Cl)c(F)c2)cn1. The highest BCUT2D eigenvalue weighted by molar-refractivity contribution is 6.30. The van der Waals surface area contributed by atoms with Crippen molar-refractivity contribution < 1.29 is 9.50 Å². The smallest absolute Gasteiger partial charge is 0.142 e. The first-order valence-electron chi connectivity index (χ1n) is 7.90. The second-order valence-electron chi connectivity index (χ2n) is 6.05. The van der Waals surface area contributed by atoms with Crippen LogP contribution in [-0.2, 0) is 6.54 Å². The van der Waals surface area contributed by atoms with Gasteiger partial charge in [-0.05, 0) is 43.2 Å². The lowest BCUT2D eigenvalue weighted by molar-refractivity contribution is 0.174. The number of anilines is 1. The highest BCUT2D eigenvalue weighted by Crippen LogP contribution is 2.20. The topological polar surface area (TPSA) is 48.4 Å². The van der Waals surface area contributed by atoms with Crippen LogP contribution < -0.4 is 10.2 Å². The molecule has 4 nitrogen and oxygen atoms in total. The summed E-state index contributed by atoms with van der Waals surface area (Å²) in [5, 5.41) is 13.3. The molecule has 6 heteroatoms. The van der Waals surface area contributed by atoms with Crippen LogP contribution in [0.4, 0.5) is 10.2 Å². The van der Waals surface area contributed by atoms with Crippen LogP contribution in [0.2, 0.25) is 5.02 Å². The lowest BCUT2D eigenvalue weighted by Gasteiger charge is -2.22. The van der Waals surface area contributed by atoms with E-state index in [1.165, 1.54) is 12.1 Å². The normalized spacial score (nSPS) is 12.5. The molecule has 0 amide bonds. The monoisotopic (exact) mass is 351 g/mol. The third kappa shape index (κ3) is 4.90. The minimum Gasteiger partial charge on any atom is -0.387 e. The van der Waals surface area contributed by atoms with Gasteiger partial charge in [0.2, 0.25) is 0 Å². The maximum atomic E-state index is 13.4. The molecule has 0 fully saturated rings. The van der Waals surface area contributed by atoms with Crippen molar-refractivity contribution in [3.63, 3.8) is 0 Å². The van der Waals surface area contributed by atoms with E-state index in [1.807, 2.05) is 25.4 Å². The Morgan fingerprint density at radius 1 is 1.29 bits per heavy atom. The van der Waals surface area contributed by atoms with Crippen LogP contribution in [0.5, 0.6) is 0 Å². The lowest BCUT2D eigenvalue weighted by Crippen LogP contribution is -2.26. The fourth-order valence-corrected chi connectivity index (χ4v) is 2.30. The van der Waals surface area contributed by atoms with E-state index in [1.54, 1.807) is 6.07 Å². The van der Waals surface area contributed by atoms with Gasteiger partial charge in [0.05, 0.1) is 11.1 Å². The molecule has 0 aliphatic heterocycles. The summed E-state index contributed by atoms with van der Waals surface area (Å²) >= 11 is 5.64. The Hall–Kier alpha value is -1.69. The van der Waals surface area contributed by atoms with E-state index in [2.05, 4.69) is 29.0 Å². The van der Waals surface area contributed by atoms with Crippen LogP contribution in [0.25, 0.3) is 0 Å². The molecule has 2 N–H and O–H groups in total. The second-order valence-corrected chi connectivity index (χ2v) is 6.46. The molecule has 0 radical (unpaired) electrons. The number of aromatic nitrogens is 1. The Labute approximate surface area is 147 Å². The van der Waals surface area contributed by atoms with Gasteiger partial charge in [0.1, 0.15) is 11.6 Å². The van der Waals surface area contributed by atoms with Gasteiger partial charge in [-0.1, -0.05) is 23.7 Å². The van der Waals surface area contributed by atoms with Crippen molar-refractivity contribution in [1.82, 2.24) is 10.3 Å². The number of aliphatic hydroxyl groups is 1. The minimum absolute atomic E-state index is 0.0523. The van der Waals surface area contributed by atoms with E-state index in [-0.39, 0.29) is 5.02 Å². The molecule has 0 spiro atoms. The van der Waals surface area contributed by atoms with Crippen molar-refractivity contribution in [3.05, 3.63) is 58.5 Å². The summed E-state index contributed by atoms with van der Waals surface area (Å²) in [7, 11) is 2.01. The molecule has 1 aromatic heterocycles. The molecule has 1 heterocycles. The largest absolute Gasteiger partial charge is 0.387 e. The first kappa shape index (κ1) is 18.6. The van der Waals surface area contributed by atoms with E-state index >= 15 is 0 Å². The Morgan fingerprint density at radius 3 is 2.62 bits per heavy atom. The zero-order chi connectivity index (χ0) is 17.7. The highest BCUT2D eigenvalue weighted by Gasteiger charge is 2.10. The number of aliphatic hydroxyl groups excluding tert-OH is 1. The van der Waals surface area contributed by atoms with Crippen molar-refractivity contribution in [2.45, 2.75) is 32.5 Å². The van der Waals surface area contributed by atoms with Crippen LogP contribution in [0.1, 0.15) is 31.1 Å². The molecular formula is C18H23ClFN3O. The van der Waals surface area contributed by atoms with Crippen LogP contribution in [0.3, 0.4) is 0 Å². The standard InChI is InChI=1S/C18H23ClFN3O/c1-12(2)23(3)18-7-4-13(10-22-18)9-21-11-17(24)14-5-6-15(19)16(20)8-14/h4-8,10,12,17,21,24H,9,11H2,1-3H3. The van der Waals surface area contributed by atoms with Gasteiger partial charge in [0.15, 0.2) is 0 Å². The Kier molecular flexibility index (Phi) is 6.54. The molecule has 0 aliphatic carbocycles. The Morgan fingerprint density at radius 2 is 2.04 bits per heavy atom. The molecule has 1 unspecified atom stereocenters. The third-order valence-electron chi connectivity index (χ3n) is 3.94. The summed E-state index contributed by atoms with van der Waals surface area (Å²) < 4.78 is 13.4. The summed E-state index contributed by atoms with van der Waals surface area (Å²) in [6, 6.07) is 8.69. The molecular weight excluding hydrogens is 329 g/mol. The third-order valence-corrected chi connectivity index (χ3v) is 4.25. The first-order valence-corrected chi connectivity index (χ1v) is 8.27. The Balaban J connectivity index is 1.86. The lowest BCUT2D eigenvalue weighted by atomic mass is 10.1. The Bertz CT molecular complexity index is 664. The number of hydrogen-bond acceptors (Lipinski definition) is 4. The number of rotatable bonds is 7. The maximum Gasteiger partial charge on any atom is 0.142 e. The fraction of sp³-hybridized carbons (Fsp3) is 0.389. The van der Waals surface area contributed by atoms with Gasteiger partial charge < -0.3 is 15.3 Å². The number of halogens is 2. The van der Waals surface area contributed by atoms with Gasteiger partial charge in [-0.3, -0.25) is 0 Å². The summed E-state index contributed by atoms with van der Waals surface area (Å²) in [4.78, 5) is 6.53. The van der Waals surface area contributed by atoms with Crippen LogP contribution >= 0.6 is 11.6 Å². The minimum atomic E-state index is -0.795. The zero-order valence-corrected chi connectivity index (χ0v) is 14.9. The molecule has 0 saturated heterocycles. The van der Waals surface area contributed by atoms with E-state index in [0.717, 1.165) is 11.4 Å². The van der Waals surface area contributed by atoms with Crippen LogP contribution in [-0.4, -0.2) is 29.7 Å². The number of nitrogens with one attached hydrogen (secondary N) is 1. The highest BCUT2D eigenvalue weighted by atomic mass is 35.5. The predicted octanol–water partition coefficient (Wildman–Crippen LogP) is 3.54. The van der Waals surface area contributed by atoms with Gasteiger partial charge in [-0.25, -0.2) is 9.37 Å². The molecule has 1 aromatic carbocycles. The van der Waals surface area contributed by atoms with Gasteiger partial charge in [-0.2, -0.15) is 0 Å². The average Bonchev–Trinajstić information content (AvgIpc) is 2.57. The van der Waals surface area contributed by atoms with Crippen molar-refractivity contribution in [1.29, 1.82) is 0 Å². The molecule has 0 saturated carbocycles. The van der Waals surface area contributed by atoms with Crippen LogP contribution in [0, 0.1) is 5.82 Å². The van der Waals surface area contributed by atoms with E-state index in [0.29, 0.717) is 24.7 Å². The van der Waals surface area contributed by atoms with E-state index < -0.39 is 11.9 Å². The quantitative estimate of drug-likeness (QED) is 0.801. The van der Waals surface area contributed by atoms with Crippen molar-refractivity contribution in [2.24, 2.45) is 0 Å².